The van der Waals surface area contributed by atoms with Gasteiger partial charge in [-0.15, -0.1) is 0 Å². The van der Waals surface area contributed by atoms with E-state index < -0.39 is 51.4 Å². The minimum Gasteiger partial charge on any atom is -1.00 e. The van der Waals surface area contributed by atoms with Crippen molar-refractivity contribution < 1.29 is 67.6 Å². The molecule has 12 heteroatoms. The van der Waals surface area contributed by atoms with Crippen molar-refractivity contribution in [3.8, 4) is 11.3 Å². The molecule has 1 N–H and O–H groups in total. The Morgan fingerprint density at radius 3 is 2.29 bits per heavy atom. The summed E-state index contributed by atoms with van der Waals surface area (Å²) in [4.78, 5) is 24.2. The Morgan fingerprint density at radius 1 is 1.00 bits per heavy atom. The zero-order valence-electron chi connectivity index (χ0n) is 18.1. The Kier molecular flexibility index (Phi) is 7.18. The van der Waals surface area contributed by atoms with Gasteiger partial charge in [0, 0.05) is 5.56 Å². The van der Waals surface area contributed by atoms with Crippen molar-refractivity contribution >= 4 is 34.4 Å². The van der Waals surface area contributed by atoms with Crippen LogP contribution in [0.1, 0.15) is 27.7 Å². The molecule has 0 saturated heterocycles. The molecule has 0 radical (unpaired) electrons. The second-order valence-electron chi connectivity index (χ2n) is 6.86. The number of hydrogen-bond donors (Lipinski definition) is 1. The molecule has 0 unspecified atom stereocenters. The van der Waals surface area contributed by atoms with Gasteiger partial charge in [0.05, 0.1) is 32.6 Å². The van der Waals surface area contributed by atoms with E-state index in [0.29, 0.717) is 10.7 Å². The first-order chi connectivity index (χ1) is 15.5. The molecule has 1 heterocycles. The van der Waals surface area contributed by atoms with Crippen molar-refractivity contribution in [2.45, 2.75) is 6.18 Å². The summed E-state index contributed by atoms with van der Waals surface area (Å²) in [7, 11) is 0. The van der Waals surface area contributed by atoms with Gasteiger partial charge in [-0.3, -0.25) is 4.79 Å². The molecular weight excluding hydrogens is 494 g/mol. The van der Waals surface area contributed by atoms with Crippen molar-refractivity contribution in [2.24, 2.45) is 0 Å². The minimum absolute atomic E-state index is 0. The van der Waals surface area contributed by atoms with E-state index in [1.54, 1.807) is 0 Å². The maximum atomic E-state index is 14.7. The Labute approximate surface area is 216 Å². The number of aromatic carboxylic acids is 1. The van der Waals surface area contributed by atoms with Crippen molar-refractivity contribution in [1.29, 1.82) is 0 Å². The molecule has 170 valence electrons. The Morgan fingerprint density at radius 2 is 1.68 bits per heavy atom. The number of aromatic nitrogens is 2. The van der Waals surface area contributed by atoms with Crippen LogP contribution in [0, 0.1) is 11.6 Å². The second kappa shape index (κ2) is 9.46. The monoisotopic (exact) mass is 504 g/mol. The van der Waals surface area contributed by atoms with Crippen LogP contribution in [0.25, 0.3) is 22.2 Å². The summed E-state index contributed by atoms with van der Waals surface area (Å²) in [5.74, 6) is -4.83. The Bertz CT molecular complexity index is 1460. The molecule has 0 fully saturated rings. The van der Waals surface area contributed by atoms with Crippen LogP contribution in [-0.4, -0.2) is 26.8 Å². The summed E-state index contributed by atoms with van der Waals surface area (Å²) in [6.45, 7) is 0. The molecule has 0 saturated carbocycles. The van der Waals surface area contributed by atoms with Gasteiger partial charge in [0.1, 0.15) is 17.3 Å². The average Bonchev–Trinajstić information content (AvgIpc) is 3.13. The number of hydrogen-bond acceptors (Lipinski definition) is 3. The van der Waals surface area contributed by atoms with Crippen LogP contribution in [-0.2, 0) is 6.18 Å². The zero-order chi connectivity index (χ0) is 24.1. The molecule has 0 aliphatic carbocycles. The van der Waals surface area contributed by atoms with Crippen LogP contribution in [0.15, 0.2) is 54.6 Å². The number of fused-ring (bicyclic) bond motifs is 1. The topological polar surface area (TPSA) is 72.2 Å². The first-order valence-electron chi connectivity index (χ1n) is 9.11. The van der Waals surface area contributed by atoms with Crippen LogP contribution in [0.5, 0.6) is 0 Å². The molecule has 1 aromatic heterocycles. The van der Waals surface area contributed by atoms with E-state index in [4.69, 9.17) is 16.7 Å². The van der Waals surface area contributed by atoms with Crippen molar-refractivity contribution in [2.75, 3.05) is 0 Å². The van der Waals surface area contributed by atoms with Gasteiger partial charge in [0.2, 0.25) is 0 Å². The summed E-state index contributed by atoms with van der Waals surface area (Å²) >= 11 is 5.91. The molecular formula is C22H11ClF5N2NaO3. The van der Waals surface area contributed by atoms with Crippen LogP contribution in [0.2, 0.25) is 5.02 Å². The van der Waals surface area contributed by atoms with E-state index >= 15 is 0 Å². The molecule has 0 aliphatic heterocycles. The molecule has 0 spiro atoms. The van der Waals surface area contributed by atoms with Gasteiger partial charge in [0.15, 0.2) is 0 Å². The van der Waals surface area contributed by atoms with E-state index in [1.807, 2.05) is 0 Å². The largest absolute Gasteiger partial charge is 1.00 e. The number of alkyl halides is 3. The molecule has 3 aromatic carbocycles. The van der Waals surface area contributed by atoms with E-state index in [1.165, 1.54) is 12.1 Å². The van der Waals surface area contributed by atoms with Gasteiger partial charge < -0.3 is 6.53 Å². The van der Waals surface area contributed by atoms with Gasteiger partial charge >= 0.3 is 41.7 Å². The summed E-state index contributed by atoms with van der Waals surface area (Å²) in [5, 5.41) is 12.2. The van der Waals surface area contributed by atoms with Crippen LogP contribution in [0.3, 0.4) is 0 Å². The number of benzene rings is 3. The van der Waals surface area contributed by atoms with Crippen molar-refractivity contribution in [3.63, 3.8) is 0 Å². The quantitative estimate of drug-likeness (QED) is 0.344. The normalized spacial score (nSPS) is 11.4. The molecule has 4 rings (SSSR count). The molecule has 0 bridgehead atoms. The van der Waals surface area contributed by atoms with Crippen LogP contribution in [0.4, 0.5) is 22.0 Å². The van der Waals surface area contributed by atoms with Crippen LogP contribution >= 0.6 is 11.6 Å². The van der Waals surface area contributed by atoms with Crippen LogP contribution < -0.4 is 29.6 Å². The zero-order valence-corrected chi connectivity index (χ0v) is 19.9. The molecule has 34 heavy (non-hydrogen) atoms. The number of rotatable bonds is 3. The number of halogens is 6. The standard InChI is InChI=1S/C22H10ClF5N2O3.Na.H/c23-13-4-1-3-12(22(26,27)28)17(13)20(31)30-16-6-2-5-14(24)18(16)19(29-30)10-7-8-11(21(32)33)15(25)9-10;;/h1-9H,(H,32,33);;/q;+1;-1. The number of carboxylic acids is 1. The van der Waals surface area contributed by atoms with E-state index in [2.05, 4.69) is 5.10 Å². The van der Waals surface area contributed by atoms with E-state index in [-0.39, 0.29) is 53.1 Å². The van der Waals surface area contributed by atoms with E-state index in [0.717, 1.165) is 36.4 Å². The molecule has 0 aliphatic rings. The first-order valence-corrected chi connectivity index (χ1v) is 9.49. The minimum atomic E-state index is -4.91. The average molecular weight is 505 g/mol. The molecule has 0 atom stereocenters. The van der Waals surface area contributed by atoms with Gasteiger partial charge in [0.25, 0.3) is 5.91 Å². The SMILES string of the molecule is O=C(O)c1ccc(-c2nn(C(=O)c3c(Cl)cccc3C(F)(F)F)c3cccc(F)c23)cc1F.[H-].[Na+]. The summed E-state index contributed by atoms with van der Waals surface area (Å²) in [6, 6.07) is 9.15. The Hall–Kier alpha value is -2.79. The van der Waals surface area contributed by atoms with Crippen molar-refractivity contribution in [1.82, 2.24) is 9.78 Å². The number of carbonyl (C=O) groups is 2. The Balaban J connectivity index is 0.00000216. The number of carbonyl (C=O) groups excluding carboxylic acids is 1. The molecule has 0 amide bonds. The molecule has 5 nitrogen and oxygen atoms in total. The molecule has 4 aromatic rings. The van der Waals surface area contributed by atoms with Gasteiger partial charge in [-0.05, 0) is 36.4 Å². The predicted molar refractivity (Wildman–Crippen MR) is 109 cm³/mol. The third-order valence-corrected chi connectivity index (χ3v) is 5.17. The van der Waals surface area contributed by atoms with Crippen molar-refractivity contribution in [3.05, 3.63) is 87.9 Å². The van der Waals surface area contributed by atoms with E-state index in [9.17, 15) is 31.5 Å². The number of carboxylic acid groups (broad SMARTS) is 1. The fraction of sp³-hybridized carbons (Fsp3) is 0.0455. The maximum Gasteiger partial charge on any atom is 1.00 e. The smallest absolute Gasteiger partial charge is 1.00 e. The second-order valence-corrected chi connectivity index (χ2v) is 7.27. The summed E-state index contributed by atoms with van der Waals surface area (Å²) in [6.07, 6.45) is -4.91. The van der Waals surface area contributed by atoms with Gasteiger partial charge in [-0.2, -0.15) is 23.0 Å². The third kappa shape index (κ3) is 4.46. The first kappa shape index (κ1) is 25.8. The van der Waals surface area contributed by atoms with Gasteiger partial charge in [-0.1, -0.05) is 29.8 Å². The fourth-order valence-electron chi connectivity index (χ4n) is 3.40. The fourth-order valence-corrected chi connectivity index (χ4v) is 3.66. The van der Waals surface area contributed by atoms with Gasteiger partial charge in [-0.25, -0.2) is 13.6 Å². The summed E-state index contributed by atoms with van der Waals surface area (Å²) in [5.41, 5.74) is -3.39. The predicted octanol–water partition coefficient (Wildman–Crippen LogP) is 3.16. The number of nitrogens with zero attached hydrogens (tertiary/aromatic N) is 2. The maximum absolute atomic E-state index is 14.7. The summed E-state index contributed by atoms with van der Waals surface area (Å²) < 4.78 is 70.0. The third-order valence-electron chi connectivity index (χ3n) is 4.85.